The summed E-state index contributed by atoms with van der Waals surface area (Å²) in [5.74, 6) is -1.63. The van der Waals surface area contributed by atoms with E-state index in [0.29, 0.717) is 42.0 Å². The lowest BCUT2D eigenvalue weighted by Gasteiger charge is -2.49. The van der Waals surface area contributed by atoms with E-state index in [0.717, 1.165) is 31.2 Å². The van der Waals surface area contributed by atoms with Gasteiger partial charge in [0.15, 0.2) is 5.82 Å². The molecule has 1 saturated carbocycles. The minimum Gasteiger partial charge on any atom is -0.481 e. The number of ether oxygens (including phenoxy) is 1. The highest BCUT2D eigenvalue weighted by Gasteiger charge is 2.45. The Bertz CT molecular complexity index is 1450. The maximum absolute atomic E-state index is 14.7. The molecule has 0 radical (unpaired) electrons. The summed E-state index contributed by atoms with van der Waals surface area (Å²) in [6.45, 7) is 15.0. The minimum atomic E-state index is -0.952. The van der Waals surface area contributed by atoms with Crippen molar-refractivity contribution < 1.29 is 28.6 Å². The minimum absolute atomic E-state index is 0.00406. The molecule has 256 valence electrons. The average molecular weight is 651 g/mol. The van der Waals surface area contributed by atoms with Crippen molar-refractivity contribution >= 4 is 30.2 Å². The van der Waals surface area contributed by atoms with Gasteiger partial charge >= 0.3 is 5.97 Å². The Balaban J connectivity index is 2.07. The van der Waals surface area contributed by atoms with Crippen LogP contribution in [0.2, 0.25) is 0 Å². The van der Waals surface area contributed by atoms with Crippen LogP contribution in [0.3, 0.4) is 0 Å². The van der Waals surface area contributed by atoms with Crippen LogP contribution < -0.4 is 4.74 Å². The van der Waals surface area contributed by atoms with Gasteiger partial charge in [-0.25, -0.2) is 14.4 Å². The van der Waals surface area contributed by atoms with Gasteiger partial charge in [-0.15, -0.1) is 0 Å². The Morgan fingerprint density at radius 2 is 1.77 bits per heavy atom. The average Bonchev–Trinajstić information content (AvgIpc) is 3.00. The Morgan fingerprint density at radius 1 is 1.13 bits per heavy atom. The Morgan fingerprint density at radius 3 is 2.28 bits per heavy atom. The van der Waals surface area contributed by atoms with E-state index >= 15 is 0 Å². The number of aromatic nitrogens is 1. The lowest BCUT2D eigenvalue weighted by atomic mass is 9.69. The second-order valence-corrected chi connectivity index (χ2v) is 14.8. The van der Waals surface area contributed by atoms with Crippen molar-refractivity contribution in [2.45, 2.75) is 112 Å². The number of hydrogen-bond donors (Lipinski definition) is 1. The van der Waals surface area contributed by atoms with Gasteiger partial charge in [0.25, 0.3) is 5.91 Å². The smallest absolute Gasteiger partial charge is 0.303 e. The molecule has 47 heavy (non-hydrogen) atoms. The zero-order valence-corrected chi connectivity index (χ0v) is 29.2. The van der Waals surface area contributed by atoms with Crippen LogP contribution in [-0.4, -0.2) is 58.0 Å². The Hall–Kier alpha value is -3.95. The molecule has 1 N–H and O–H groups in total. The van der Waals surface area contributed by atoms with E-state index in [-0.39, 0.29) is 35.6 Å². The predicted octanol–water partition coefficient (Wildman–Crippen LogP) is 8.07. The Labute approximate surface area is 278 Å². The molecule has 1 fully saturated rings. The van der Waals surface area contributed by atoms with Crippen LogP contribution in [0.25, 0.3) is 0 Å². The SMILES string of the molecule is COc1ncc(/C(C)=N/C2(N(C=O)[C@H](CCC(C)(C)C)c3ccc(C(=O)N=CCCC(=O)O)cc3)CCC(C(C)(C)C)CC2)cc1F. The number of hydrogen-bond acceptors (Lipinski definition) is 6. The maximum Gasteiger partial charge on any atom is 0.303 e. The lowest BCUT2D eigenvalue weighted by Crippen LogP contribution is -2.52. The first-order valence-corrected chi connectivity index (χ1v) is 16.4. The first-order valence-electron chi connectivity index (χ1n) is 16.4. The summed E-state index contributed by atoms with van der Waals surface area (Å²) < 4.78 is 19.7. The molecule has 1 aromatic carbocycles. The monoisotopic (exact) mass is 650 g/mol. The van der Waals surface area contributed by atoms with Crippen LogP contribution in [0.15, 0.2) is 46.5 Å². The third kappa shape index (κ3) is 10.3. The molecule has 2 amide bonds. The summed E-state index contributed by atoms with van der Waals surface area (Å²) in [6.07, 6.45) is 8.36. The Kier molecular flexibility index (Phi) is 12.6. The summed E-state index contributed by atoms with van der Waals surface area (Å²) in [4.78, 5) is 51.9. The second-order valence-electron chi connectivity index (χ2n) is 14.8. The van der Waals surface area contributed by atoms with E-state index in [9.17, 15) is 18.8 Å². The topological polar surface area (TPSA) is 122 Å². The largest absolute Gasteiger partial charge is 0.481 e. The number of aliphatic imine (C=N–C) groups is 2. The quantitative estimate of drug-likeness (QED) is 0.173. The molecule has 1 aliphatic carbocycles. The van der Waals surface area contributed by atoms with E-state index in [1.165, 1.54) is 25.6 Å². The number of carboxylic acids is 1. The molecule has 10 heteroatoms. The van der Waals surface area contributed by atoms with Crippen molar-refractivity contribution in [1.29, 1.82) is 0 Å². The number of benzene rings is 1. The highest BCUT2D eigenvalue weighted by molar-refractivity contribution is 5.99. The summed E-state index contributed by atoms with van der Waals surface area (Å²) in [7, 11) is 1.37. The fourth-order valence-corrected chi connectivity index (χ4v) is 6.28. The number of halogens is 1. The van der Waals surface area contributed by atoms with E-state index < -0.39 is 23.4 Å². The molecule has 3 rings (SSSR count). The van der Waals surface area contributed by atoms with Crippen LogP contribution in [0.1, 0.15) is 127 Å². The summed E-state index contributed by atoms with van der Waals surface area (Å²) in [5.41, 5.74) is 1.56. The number of nitrogens with zero attached hydrogens (tertiary/aromatic N) is 4. The van der Waals surface area contributed by atoms with Crippen LogP contribution in [0.5, 0.6) is 5.88 Å². The third-order valence-corrected chi connectivity index (χ3v) is 9.14. The first-order chi connectivity index (χ1) is 22.0. The summed E-state index contributed by atoms with van der Waals surface area (Å²) >= 11 is 0. The molecule has 9 nitrogen and oxygen atoms in total. The van der Waals surface area contributed by atoms with Gasteiger partial charge < -0.3 is 14.7 Å². The van der Waals surface area contributed by atoms with Crippen LogP contribution in [0, 0.1) is 22.6 Å². The van der Waals surface area contributed by atoms with E-state index in [2.05, 4.69) is 51.5 Å². The number of carboxylic acid groups (broad SMARTS) is 1. The van der Waals surface area contributed by atoms with Gasteiger partial charge in [0, 0.05) is 29.3 Å². The standard InChI is InChI=1S/C37H51FN4O5/c1-25(28-22-30(38)34(47-8)40-23-28)41-37(19-15-29(16-20-37)36(5,6)7)42(24-43)31(17-18-35(2,3)4)26-11-13-27(14-12-26)33(46)39-21-9-10-32(44)45/h11-14,21-24,29,31H,9-10,15-20H2,1-8H3,(H,44,45)/b39-21?,41-25+/t29?,31-,37?/m1/s1. The van der Waals surface area contributed by atoms with E-state index in [1.54, 1.807) is 12.1 Å². The zero-order chi connectivity index (χ0) is 35.0. The number of amides is 2. The van der Waals surface area contributed by atoms with Gasteiger partial charge in [0.2, 0.25) is 12.3 Å². The zero-order valence-electron chi connectivity index (χ0n) is 29.2. The van der Waals surface area contributed by atoms with Crippen LogP contribution >= 0.6 is 0 Å². The molecular formula is C37H51FN4O5. The van der Waals surface area contributed by atoms with Gasteiger partial charge in [-0.05, 0) is 92.4 Å². The van der Waals surface area contributed by atoms with Gasteiger partial charge in [-0.1, -0.05) is 53.7 Å². The van der Waals surface area contributed by atoms with Crippen molar-refractivity contribution in [2.24, 2.45) is 26.7 Å². The molecule has 1 atom stereocenters. The van der Waals surface area contributed by atoms with Crippen LogP contribution in [-0.2, 0) is 9.59 Å². The van der Waals surface area contributed by atoms with Gasteiger partial charge in [-0.2, -0.15) is 0 Å². The van der Waals surface area contributed by atoms with Crippen molar-refractivity contribution in [2.75, 3.05) is 7.11 Å². The number of rotatable bonds is 13. The summed E-state index contributed by atoms with van der Waals surface area (Å²) in [5, 5.41) is 8.83. The third-order valence-electron chi connectivity index (χ3n) is 9.14. The molecule has 0 spiro atoms. The molecule has 0 saturated heterocycles. The number of methoxy groups -OCH3 is 1. The summed E-state index contributed by atoms with van der Waals surface area (Å²) in [6, 6.07) is 8.13. The fourth-order valence-electron chi connectivity index (χ4n) is 6.28. The van der Waals surface area contributed by atoms with Crippen LogP contribution in [0.4, 0.5) is 4.39 Å². The maximum atomic E-state index is 14.7. The molecule has 1 heterocycles. The molecule has 0 bridgehead atoms. The second kappa shape index (κ2) is 15.8. The molecule has 1 aromatic heterocycles. The van der Waals surface area contributed by atoms with Gasteiger partial charge in [0.05, 0.1) is 19.6 Å². The highest BCUT2D eigenvalue weighted by Crippen LogP contribution is 2.47. The van der Waals surface area contributed by atoms with Crippen molar-refractivity contribution in [3.05, 3.63) is 59.0 Å². The van der Waals surface area contributed by atoms with Gasteiger partial charge in [-0.3, -0.25) is 19.4 Å². The lowest BCUT2D eigenvalue weighted by molar-refractivity contribution is -0.136. The van der Waals surface area contributed by atoms with Crippen molar-refractivity contribution in [1.82, 2.24) is 9.88 Å². The normalized spacial score (nSPS) is 19.8. The number of aliphatic carboxylic acids is 1. The highest BCUT2D eigenvalue weighted by atomic mass is 19.1. The van der Waals surface area contributed by atoms with E-state index in [1.807, 2.05) is 24.0 Å². The molecular weight excluding hydrogens is 599 g/mol. The molecule has 2 aromatic rings. The fraction of sp³-hybridized carbons (Fsp3) is 0.568. The van der Waals surface area contributed by atoms with Crippen molar-refractivity contribution in [3.63, 3.8) is 0 Å². The molecule has 1 aliphatic rings. The number of pyridine rings is 1. The number of carbonyl (C=O) groups is 3. The van der Waals surface area contributed by atoms with Gasteiger partial charge in [0.1, 0.15) is 5.66 Å². The van der Waals surface area contributed by atoms with Crippen molar-refractivity contribution in [3.8, 4) is 5.88 Å². The number of carbonyl (C=O) groups excluding carboxylic acids is 2. The molecule has 0 unspecified atom stereocenters. The first kappa shape index (κ1) is 37.5. The predicted molar refractivity (Wildman–Crippen MR) is 183 cm³/mol. The molecule has 0 aliphatic heterocycles. The van der Waals surface area contributed by atoms with E-state index in [4.69, 9.17) is 14.8 Å².